The molecule has 0 aliphatic carbocycles. The van der Waals surface area contributed by atoms with Crippen molar-refractivity contribution in [3.05, 3.63) is 22.4 Å². The fraction of sp³-hybridized carbons (Fsp3) is 0.667. The number of hydrogen-bond acceptors (Lipinski definition) is 2. The van der Waals surface area contributed by atoms with Crippen molar-refractivity contribution >= 4 is 22.9 Å². The number of hydrogen-bond donors (Lipinski definition) is 0. The van der Waals surface area contributed by atoms with Gasteiger partial charge in [-0.25, -0.2) is 0 Å². The van der Waals surface area contributed by atoms with Crippen LogP contribution >= 0.6 is 22.9 Å². The molecule has 15 heavy (non-hydrogen) atoms. The molecule has 0 spiro atoms. The second kappa shape index (κ2) is 5.33. The molecule has 0 N–H and O–H groups in total. The molecule has 2 heterocycles. The Kier molecular flexibility index (Phi) is 4.06. The normalized spacial score (nSPS) is 25.3. The van der Waals surface area contributed by atoms with Gasteiger partial charge in [0.15, 0.2) is 0 Å². The fourth-order valence-corrected chi connectivity index (χ4v) is 3.29. The van der Waals surface area contributed by atoms with E-state index < -0.39 is 0 Å². The molecule has 2 rings (SSSR count). The summed E-state index contributed by atoms with van der Waals surface area (Å²) in [6, 6.07) is 4.92. The van der Waals surface area contributed by atoms with E-state index >= 15 is 0 Å². The van der Waals surface area contributed by atoms with Gasteiger partial charge in [0.25, 0.3) is 0 Å². The van der Waals surface area contributed by atoms with Gasteiger partial charge in [0.05, 0.1) is 5.38 Å². The average molecular weight is 244 g/mol. The van der Waals surface area contributed by atoms with Crippen LogP contribution in [0.15, 0.2) is 17.5 Å². The van der Waals surface area contributed by atoms with Gasteiger partial charge in [0.1, 0.15) is 0 Å². The zero-order valence-corrected chi connectivity index (χ0v) is 10.7. The van der Waals surface area contributed by atoms with Crippen molar-refractivity contribution in [3.8, 4) is 0 Å². The molecule has 0 radical (unpaired) electrons. The van der Waals surface area contributed by atoms with Crippen LogP contribution in [0.4, 0.5) is 0 Å². The van der Waals surface area contributed by atoms with Gasteiger partial charge >= 0.3 is 0 Å². The summed E-state index contributed by atoms with van der Waals surface area (Å²) in [5.41, 5.74) is 0. The van der Waals surface area contributed by atoms with Gasteiger partial charge in [-0.2, -0.15) is 0 Å². The number of piperidine rings is 1. The van der Waals surface area contributed by atoms with Crippen molar-refractivity contribution in [2.45, 2.75) is 37.6 Å². The largest absolute Gasteiger partial charge is 0.299 e. The Balaban J connectivity index is 1.90. The molecule has 1 aliphatic rings. The van der Waals surface area contributed by atoms with Crippen LogP contribution in [0.2, 0.25) is 0 Å². The lowest BCUT2D eigenvalue weighted by Gasteiger charge is -2.34. The summed E-state index contributed by atoms with van der Waals surface area (Å²) in [4.78, 5) is 3.83. The van der Waals surface area contributed by atoms with Gasteiger partial charge in [0.2, 0.25) is 0 Å². The maximum Gasteiger partial charge on any atom is 0.0805 e. The van der Waals surface area contributed by atoms with Gasteiger partial charge in [-0.3, -0.25) is 4.90 Å². The van der Waals surface area contributed by atoms with E-state index in [9.17, 15) is 0 Å². The van der Waals surface area contributed by atoms with Crippen molar-refractivity contribution in [1.82, 2.24) is 4.90 Å². The third-order valence-electron chi connectivity index (χ3n) is 3.19. The van der Waals surface area contributed by atoms with Crippen LogP contribution in [0.5, 0.6) is 0 Å². The Bertz CT molecular complexity index is 286. The van der Waals surface area contributed by atoms with E-state index in [2.05, 4.69) is 29.3 Å². The lowest BCUT2D eigenvalue weighted by molar-refractivity contribution is 0.161. The van der Waals surface area contributed by atoms with Crippen molar-refractivity contribution in [1.29, 1.82) is 0 Å². The Morgan fingerprint density at radius 3 is 3.13 bits per heavy atom. The van der Waals surface area contributed by atoms with E-state index in [1.807, 2.05) is 0 Å². The SMILES string of the molecule is CC1CCCCN1CC(Cl)c1cccs1. The zero-order valence-electron chi connectivity index (χ0n) is 9.16. The highest BCUT2D eigenvalue weighted by Crippen LogP contribution is 2.28. The fourth-order valence-electron chi connectivity index (χ4n) is 2.19. The standard InChI is InChI=1S/C12H18ClNS/c1-10-5-2-3-7-14(10)9-11(13)12-6-4-8-15-12/h4,6,8,10-11H,2-3,5,7,9H2,1H3. The molecule has 0 saturated carbocycles. The van der Waals surface area contributed by atoms with E-state index in [0.717, 1.165) is 6.54 Å². The summed E-state index contributed by atoms with van der Waals surface area (Å²) in [5.74, 6) is 0. The number of nitrogens with zero attached hydrogens (tertiary/aromatic N) is 1. The Morgan fingerprint density at radius 2 is 2.47 bits per heavy atom. The summed E-state index contributed by atoms with van der Waals surface area (Å²) in [6.07, 6.45) is 4.04. The summed E-state index contributed by atoms with van der Waals surface area (Å²) in [7, 11) is 0. The summed E-state index contributed by atoms with van der Waals surface area (Å²) in [6.45, 7) is 4.54. The molecule has 3 heteroatoms. The van der Waals surface area contributed by atoms with Gasteiger partial charge in [-0.05, 0) is 37.8 Å². The van der Waals surface area contributed by atoms with E-state index in [1.54, 1.807) is 11.3 Å². The minimum Gasteiger partial charge on any atom is -0.299 e. The quantitative estimate of drug-likeness (QED) is 0.728. The molecular formula is C12H18ClNS. The van der Waals surface area contributed by atoms with Crippen molar-refractivity contribution in [2.75, 3.05) is 13.1 Å². The van der Waals surface area contributed by atoms with Crippen molar-refractivity contribution < 1.29 is 0 Å². The molecule has 2 unspecified atom stereocenters. The molecule has 1 aliphatic heterocycles. The second-order valence-corrected chi connectivity index (χ2v) is 5.83. The van der Waals surface area contributed by atoms with Gasteiger partial charge in [-0.1, -0.05) is 12.5 Å². The molecule has 0 amide bonds. The number of alkyl halides is 1. The maximum atomic E-state index is 6.41. The van der Waals surface area contributed by atoms with Crippen LogP contribution in [0.3, 0.4) is 0 Å². The van der Waals surface area contributed by atoms with Crippen LogP contribution in [0.25, 0.3) is 0 Å². The Morgan fingerprint density at radius 1 is 1.60 bits per heavy atom. The first-order valence-corrected chi connectivity index (χ1v) is 7.00. The predicted molar refractivity (Wildman–Crippen MR) is 67.8 cm³/mol. The molecule has 1 nitrogen and oxygen atoms in total. The van der Waals surface area contributed by atoms with Crippen LogP contribution in [-0.2, 0) is 0 Å². The highest BCUT2D eigenvalue weighted by atomic mass is 35.5. The lowest BCUT2D eigenvalue weighted by Crippen LogP contribution is -2.39. The first kappa shape index (κ1) is 11.4. The smallest absolute Gasteiger partial charge is 0.0805 e. The minimum atomic E-state index is 0.172. The molecule has 1 fully saturated rings. The third-order valence-corrected chi connectivity index (χ3v) is 4.68. The van der Waals surface area contributed by atoms with E-state index in [-0.39, 0.29) is 5.38 Å². The van der Waals surface area contributed by atoms with Crippen LogP contribution in [0.1, 0.15) is 36.4 Å². The van der Waals surface area contributed by atoms with E-state index in [0.29, 0.717) is 6.04 Å². The third kappa shape index (κ3) is 2.96. The molecule has 1 aromatic heterocycles. The Labute approximate surface area is 101 Å². The number of thiophene rings is 1. The topological polar surface area (TPSA) is 3.24 Å². The number of likely N-dealkylation sites (tertiary alicyclic amines) is 1. The van der Waals surface area contributed by atoms with Crippen LogP contribution < -0.4 is 0 Å². The molecule has 0 bridgehead atoms. The zero-order chi connectivity index (χ0) is 10.7. The minimum absolute atomic E-state index is 0.172. The highest BCUT2D eigenvalue weighted by molar-refractivity contribution is 7.10. The monoisotopic (exact) mass is 243 g/mol. The predicted octanol–water partition coefficient (Wildman–Crippen LogP) is 3.90. The number of halogens is 1. The molecule has 0 aromatic carbocycles. The van der Waals surface area contributed by atoms with Crippen molar-refractivity contribution in [2.24, 2.45) is 0 Å². The van der Waals surface area contributed by atoms with Gasteiger partial charge in [-0.15, -0.1) is 22.9 Å². The first-order valence-electron chi connectivity index (χ1n) is 5.69. The Hall–Kier alpha value is -0.0500. The molecule has 1 aromatic rings. The van der Waals surface area contributed by atoms with E-state index in [4.69, 9.17) is 11.6 Å². The van der Waals surface area contributed by atoms with Crippen LogP contribution in [-0.4, -0.2) is 24.0 Å². The molecule has 84 valence electrons. The van der Waals surface area contributed by atoms with Gasteiger partial charge < -0.3 is 0 Å². The first-order chi connectivity index (χ1) is 7.27. The van der Waals surface area contributed by atoms with E-state index in [1.165, 1.54) is 30.7 Å². The number of rotatable bonds is 3. The molecular weight excluding hydrogens is 226 g/mol. The lowest BCUT2D eigenvalue weighted by atomic mass is 10.0. The summed E-state index contributed by atoms with van der Waals surface area (Å²) in [5, 5.41) is 2.27. The second-order valence-electron chi connectivity index (χ2n) is 4.32. The maximum absolute atomic E-state index is 6.41. The van der Waals surface area contributed by atoms with Gasteiger partial charge in [0, 0.05) is 17.5 Å². The summed E-state index contributed by atoms with van der Waals surface area (Å²) < 4.78 is 0. The highest BCUT2D eigenvalue weighted by Gasteiger charge is 2.21. The average Bonchev–Trinajstić information content (AvgIpc) is 2.74. The van der Waals surface area contributed by atoms with Crippen molar-refractivity contribution in [3.63, 3.8) is 0 Å². The molecule has 1 saturated heterocycles. The van der Waals surface area contributed by atoms with Crippen LogP contribution in [0, 0.1) is 0 Å². The molecule has 2 atom stereocenters. The summed E-state index contributed by atoms with van der Waals surface area (Å²) >= 11 is 8.18.